The maximum atomic E-state index is 9.22. The van der Waals surface area contributed by atoms with E-state index in [4.69, 9.17) is 102 Å². The van der Waals surface area contributed by atoms with Crippen LogP contribution in [0.3, 0.4) is 0 Å². The van der Waals surface area contributed by atoms with Gasteiger partial charge in [-0.25, -0.2) is 54.3 Å². The van der Waals surface area contributed by atoms with Crippen LogP contribution in [0.15, 0.2) is 71.6 Å². The number of nitrogens with two attached hydrogens (primary N) is 5. The van der Waals surface area contributed by atoms with Crippen molar-refractivity contribution in [2.24, 2.45) is 0 Å². The number of nitrogen functional groups attached to an aromatic ring is 5. The lowest BCUT2D eigenvalue weighted by Crippen LogP contribution is -2.41. The number of fused-ring (bicyclic) bond motifs is 2. The van der Waals surface area contributed by atoms with Crippen LogP contribution in [0.2, 0.25) is 0 Å². The normalized spacial score (nSPS) is 11.9. The number of aromatic amines is 2. The highest BCUT2D eigenvalue weighted by Gasteiger charge is 2.50. The van der Waals surface area contributed by atoms with E-state index in [1.807, 2.05) is 113 Å². The van der Waals surface area contributed by atoms with E-state index in [2.05, 4.69) is 103 Å². The number of nitrogens with zero attached hydrogens (tertiary/aromatic N) is 11. The zero-order chi connectivity index (χ0) is 77.6. The van der Waals surface area contributed by atoms with Crippen molar-refractivity contribution in [2.45, 2.75) is 108 Å². The first kappa shape index (κ1) is 86.3. The molecule has 0 aliphatic carbocycles. The molecule has 13 N–H and O–H groups in total. The third kappa shape index (κ3) is 23.3. The van der Waals surface area contributed by atoms with Gasteiger partial charge in [0.2, 0.25) is 41.2 Å². The smallest absolute Gasteiger partial charge is 0.490 e. The van der Waals surface area contributed by atoms with E-state index >= 15 is 0 Å². The molecule has 0 atom stereocenters. The number of aliphatic hydroxyl groups is 1. The molecule has 1 aliphatic heterocycles. The van der Waals surface area contributed by atoms with Gasteiger partial charge in [0.05, 0.1) is 160 Å². The molecule has 0 aromatic carbocycles. The van der Waals surface area contributed by atoms with E-state index in [-0.39, 0.29) is 53.7 Å². The molecule has 0 spiro atoms. The lowest BCUT2D eigenvalue weighted by Gasteiger charge is -2.32. The fourth-order valence-electron chi connectivity index (χ4n) is 9.01. The number of halogens is 2. The molecule has 10 heterocycles. The second-order valence-corrected chi connectivity index (χ2v) is 24.3. The first-order chi connectivity index (χ1) is 48.8. The molecule has 9 aromatic heterocycles. The van der Waals surface area contributed by atoms with E-state index in [0.29, 0.717) is 80.2 Å². The Balaban J connectivity index is 0.000000307. The largest absolute Gasteiger partial charge is 0.502 e. The number of pyridine rings is 7. The highest BCUT2D eigenvalue weighted by Crippen LogP contribution is 2.41. The van der Waals surface area contributed by atoms with Crippen molar-refractivity contribution in [3.63, 3.8) is 0 Å². The lowest BCUT2D eigenvalue weighted by atomic mass is 9.90. The van der Waals surface area contributed by atoms with Crippen LogP contribution in [-0.4, -0.2) is 125 Å². The molecule has 1 saturated heterocycles. The number of hydrogen-bond acceptors (Lipinski definition) is 23. The van der Waals surface area contributed by atoms with Gasteiger partial charge in [-0.2, -0.15) is 0 Å². The Bertz CT molecular complexity index is 4560. The van der Waals surface area contributed by atoms with Crippen LogP contribution >= 0.6 is 38.5 Å². The Hall–Kier alpha value is -10.9. The molecular formula is C71H89BBrIN18O11. The molecule has 0 saturated carbocycles. The van der Waals surface area contributed by atoms with Crippen LogP contribution in [0.5, 0.6) is 41.2 Å². The van der Waals surface area contributed by atoms with E-state index < -0.39 is 0 Å². The zero-order valence-corrected chi connectivity index (χ0v) is 65.3. The maximum absolute atomic E-state index is 9.22. The van der Waals surface area contributed by atoms with Crippen molar-refractivity contribution in [3.05, 3.63) is 172 Å². The summed E-state index contributed by atoms with van der Waals surface area (Å²) in [6, 6.07) is 10.8. The SMILES string of the molecule is CCO/C=C/B1OC(C)(C)C(C)(C)O1.COc1cc(N)cc(C)n1.COc1nc(C)c2cc[nH]c2c1CO.COc1nc(C)cc(N)c1I.[C-]#[N+]c1c(N)cc(C)nc1OC.[C-]#[N+]c1c(OC)nc(C)c(/C=C\C)c1N.[C-]#[N+]c1c(OC)nc(C)c(Br)c1N.[C-]#[N+]c1c(OC)nc(C)c2cc[nH]c12. The number of aryl methyl sites for hydroxylation is 7. The van der Waals surface area contributed by atoms with Crippen molar-refractivity contribution < 1.29 is 52.3 Å². The molecule has 10 rings (SSSR count). The molecule has 29 nitrogen and oxygen atoms in total. The van der Waals surface area contributed by atoms with Gasteiger partial charge in [0.15, 0.2) is 0 Å². The summed E-state index contributed by atoms with van der Waals surface area (Å²) in [5.41, 5.74) is 40.6. The van der Waals surface area contributed by atoms with Crippen molar-refractivity contribution in [1.82, 2.24) is 44.9 Å². The number of nitrogens with one attached hydrogen (secondary N) is 2. The van der Waals surface area contributed by atoms with Gasteiger partial charge in [0.1, 0.15) is 0 Å². The van der Waals surface area contributed by atoms with Crippen molar-refractivity contribution >= 4 is 125 Å². The highest BCUT2D eigenvalue weighted by molar-refractivity contribution is 14.1. The lowest BCUT2D eigenvalue weighted by molar-refractivity contribution is 0.00578. The summed E-state index contributed by atoms with van der Waals surface area (Å²) in [6.45, 7) is 53.3. The maximum Gasteiger partial charge on any atom is 0.490 e. The summed E-state index contributed by atoms with van der Waals surface area (Å²) in [5.74, 6) is 4.68. The molecule has 0 amide bonds. The number of hydrogen-bond donors (Lipinski definition) is 8. The quantitative estimate of drug-likeness (QED) is 0.0244. The molecule has 546 valence electrons. The van der Waals surface area contributed by atoms with Gasteiger partial charge >= 0.3 is 7.12 Å². The predicted molar refractivity (Wildman–Crippen MR) is 417 cm³/mol. The number of rotatable bonds is 12. The number of H-pyrrole nitrogens is 2. The van der Waals surface area contributed by atoms with Gasteiger partial charge < -0.3 is 90.9 Å². The Kier molecular flexibility index (Phi) is 34.5. The minimum atomic E-state index is -0.299. The number of aromatic nitrogens is 9. The van der Waals surface area contributed by atoms with Crippen LogP contribution in [0.1, 0.15) is 92.5 Å². The number of anilines is 5. The molecule has 0 radical (unpaired) electrons. The van der Waals surface area contributed by atoms with Gasteiger partial charge in [-0.05, 0) is 165 Å². The molecule has 9 aromatic rings. The number of allylic oxidation sites excluding steroid dienone is 1. The summed E-state index contributed by atoms with van der Waals surface area (Å²) >= 11 is 5.36. The Morgan fingerprint density at radius 3 is 1.48 bits per heavy atom. The fraction of sp³-hybridized carbons (Fsp3) is 0.338. The molecule has 0 bridgehead atoms. The minimum absolute atomic E-state index is 0.0759. The summed E-state index contributed by atoms with van der Waals surface area (Å²) in [5, 5.41) is 11.2. The van der Waals surface area contributed by atoms with Crippen molar-refractivity contribution in [2.75, 3.05) is 85.0 Å². The fourth-order valence-corrected chi connectivity index (χ4v) is 9.79. The van der Waals surface area contributed by atoms with Gasteiger partial charge in [-0.1, -0.05) is 12.2 Å². The molecule has 32 heteroatoms. The van der Waals surface area contributed by atoms with E-state index in [1.54, 1.807) is 71.8 Å². The molecule has 1 aliphatic rings. The first-order valence-electron chi connectivity index (χ1n) is 31.1. The van der Waals surface area contributed by atoms with Gasteiger partial charge in [0, 0.05) is 74.6 Å². The average Bonchev–Trinajstić information content (AvgIpc) is 1.70. The highest BCUT2D eigenvalue weighted by atomic mass is 127. The third-order valence-corrected chi connectivity index (χ3v) is 16.8. The molecular weight excluding hydrogens is 1500 g/mol. The van der Waals surface area contributed by atoms with Gasteiger partial charge in [-0.3, -0.25) is 0 Å². The summed E-state index contributed by atoms with van der Waals surface area (Å²) in [7, 11) is 10.3. The summed E-state index contributed by atoms with van der Waals surface area (Å²) < 4.78 is 52.9. The van der Waals surface area contributed by atoms with E-state index in [9.17, 15) is 5.11 Å². The van der Waals surface area contributed by atoms with Crippen LogP contribution in [0.25, 0.3) is 47.3 Å². The Labute approximate surface area is 623 Å². The third-order valence-electron chi connectivity index (χ3n) is 14.7. The molecule has 0 unspecified atom stereocenters. The van der Waals surface area contributed by atoms with Crippen LogP contribution in [0, 0.1) is 78.3 Å². The zero-order valence-electron chi connectivity index (χ0n) is 61.5. The standard InChI is InChI=1S/C11H13N3O.C10H19BO3.C10H9N3O.C10H12N2O2.C8H8BrN3O.C8H9N3O.C7H9IN2O.C7H10N2O/c1-5-6-8-7(2)14-11(15-4)10(13-3)9(8)12;1-6-12-8-7-11-13-9(2,3)10(4,5)14-11;1-6-7-4-5-12-8(7)9(11-2)10(13-6)14-3;1-6-7-3-4-11-9(7)8(5-13)10(12-6)14-2;1-4-5(9)6(10)7(11-2)8(12-4)13-3;1-5-4-6(9)7(10-2)8(11-5)12-3;1-4-3-5(9)6(8)7(10-4)11-2;1-5-3-6(8)4-7(9-5)10-2/h5-6H,1-2,4H3,(H2,12,14);7-8H,6H2,1-5H3;4-5,12H,1,3H3;3-4,11,13H,5H2,1-2H3;1,3H3,(H2,10,12);4H,1,3H3,(H2,9,11);3H,1-2H3,(H2,9,10);3-4H,1-2H3,(H2,8,9)/b6-5-;8-7+;;;;;;. The topological polar surface area (TPSA) is 382 Å². The van der Waals surface area contributed by atoms with Crippen molar-refractivity contribution in [3.8, 4) is 41.2 Å². The molecule has 1 fully saturated rings. The summed E-state index contributed by atoms with van der Waals surface area (Å²) in [4.78, 5) is 48.2. The number of ether oxygens (including phenoxy) is 8. The van der Waals surface area contributed by atoms with E-state index in [1.165, 1.54) is 28.4 Å². The van der Waals surface area contributed by atoms with E-state index in [0.717, 1.165) is 70.8 Å². The Morgan fingerprint density at radius 1 is 0.563 bits per heavy atom. The minimum Gasteiger partial charge on any atom is -0.502 e. The van der Waals surface area contributed by atoms with Gasteiger partial charge in [-0.15, -0.1) is 0 Å². The summed E-state index contributed by atoms with van der Waals surface area (Å²) in [6.07, 6.45) is 8.96. The average molecular weight is 1590 g/mol. The second-order valence-electron chi connectivity index (χ2n) is 22.4. The number of aliphatic hydroxyl groups excluding tert-OH is 1. The van der Waals surface area contributed by atoms with Gasteiger partial charge in [0.25, 0.3) is 22.7 Å². The van der Waals surface area contributed by atoms with Crippen molar-refractivity contribution in [1.29, 1.82) is 0 Å². The first-order valence-corrected chi connectivity index (χ1v) is 32.9. The predicted octanol–water partition coefficient (Wildman–Crippen LogP) is 14.9. The Morgan fingerprint density at radius 2 is 1.00 bits per heavy atom. The monoisotopic (exact) mass is 1590 g/mol. The van der Waals surface area contributed by atoms with Crippen LogP contribution in [0.4, 0.5) is 51.2 Å². The van der Waals surface area contributed by atoms with Crippen LogP contribution < -0.4 is 61.8 Å². The molecule has 103 heavy (non-hydrogen) atoms. The number of methoxy groups -OCH3 is 7. The second kappa shape index (κ2) is 41.1. The van der Waals surface area contributed by atoms with Crippen LogP contribution in [-0.2, 0) is 20.7 Å².